The molecule has 0 amide bonds. The van der Waals surface area contributed by atoms with Gasteiger partial charge < -0.3 is 14.8 Å². The molecule has 0 bridgehead atoms. The molecule has 0 spiro atoms. The third kappa shape index (κ3) is 7.20. The summed E-state index contributed by atoms with van der Waals surface area (Å²) in [5.74, 6) is 0.982. The average molecular weight is 229 g/mol. The second-order valence-electron chi connectivity index (χ2n) is 4.65. The van der Waals surface area contributed by atoms with Crippen LogP contribution >= 0.6 is 0 Å². The van der Waals surface area contributed by atoms with Gasteiger partial charge in [0.25, 0.3) is 0 Å². The van der Waals surface area contributed by atoms with Crippen LogP contribution in [0.2, 0.25) is 0 Å². The van der Waals surface area contributed by atoms with E-state index >= 15 is 0 Å². The molecule has 0 radical (unpaired) electrons. The van der Waals surface area contributed by atoms with Crippen molar-refractivity contribution in [2.45, 2.75) is 38.5 Å². The molecule has 0 aliphatic heterocycles. The number of hydrogen-bond acceptors (Lipinski definition) is 3. The lowest BCUT2D eigenvalue weighted by Crippen LogP contribution is -2.23. The highest BCUT2D eigenvalue weighted by Gasteiger charge is 2.12. The molecule has 1 rings (SSSR count). The summed E-state index contributed by atoms with van der Waals surface area (Å²) >= 11 is 0. The maximum atomic E-state index is 5.38. The van der Waals surface area contributed by atoms with E-state index in [0.717, 1.165) is 25.6 Å². The van der Waals surface area contributed by atoms with E-state index in [1.165, 1.54) is 38.5 Å². The van der Waals surface area contributed by atoms with Gasteiger partial charge in [0.1, 0.15) is 0 Å². The van der Waals surface area contributed by atoms with Gasteiger partial charge in [0, 0.05) is 13.7 Å². The highest BCUT2D eigenvalue weighted by atomic mass is 16.5. The first-order chi connectivity index (χ1) is 7.93. The Morgan fingerprint density at radius 2 is 1.81 bits per heavy atom. The maximum absolute atomic E-state index is 5.38. The van der Waals surface area contributed by atoms with Crippen LogP contribution in [0.25, 0.3) is 0 Å². The fourth-order valence-corrected chi connectivity index (χ4v) is 2.30. The first-order valence-corrected chi connectivity index (χ1v) is 6.71. The normalized spacial score (nSPS) is 17.8. The summed E-state index contributed by atoms with van der Waals surface area (Å²) in [7, 11) is 1.70. The number of ether oxygens (including phenoxy) is 2. The van der Waals surface area contributed by atoms with Crippen LogP contribution in [0.1, 0.15) is 38.5 Å². The van der Waals surface area contributed by atoms with E-state index in [9.17, 15) is 0 Å². The molecule has 0 aromatic carbocycles. The highest BCUT2D eigenvalue weighted by Crippen LogP contribution is 2.25. The molecule has 1 N–H and O–H groups in total. The van der Waals surface area contributed by atoms with E-state index in [4.69, 9.17) is 9.47 Å². The molecule has 0 unspecified atom stereocenters. The fraction of sp³-hybridized carbons (Fsp3) is 1.00. The van der Waals surface area contributed by atoms with E-state index in [2.05, 4.69) is 5.32 Å². The minimum atomic E-state index is 0.697. The lowest BCUT2D eigenvalue weighted by molar-refractivity contribution is 0.0719. The molecule has 0 aromatic heterocycles. The van der Waals surface area contributed by atoms with E-state index in [-0.39, 0.29) is 0 Å². The molecule has 0 saturated heterocycles. The van der Waals surface area contributed by atoms with Gasteiger partial charge in [0.2, 0.25) is 0 Å². The summed E-state index contributed by atoms with van der Waals surface area (Å²) in [6, 6.07) is 0. The zero-order valence-electron chi connectivity index (χ0n) is 10.7. The van der Waals surface area contributed by atoms with Crippen molar-refractivity contribution in [3.63, 3.8) is 0 Å². The van der Waals surface area contributed by atoms with Gasteiger partial charge in [-0.1, -0.05) is 32.1 Å². The largest absolute Gasteiger partial charge is 0.382 e. The van der Waals surface area contributed by atoms with Crippen LogP contribution in [0.15, 0.2) is 0 Å². The standard InChI is InChI=1S/C13H27NO2/c1-15-11-12-16-10-9-14-8-7-13-5-3-2-4-6-13/h13-14H,2-12H2,1H3. The SMILES string of the molecule is COCCOCCNCCC1CCCCC1. The monoisotopic (exact) mass is 229 g/mol. The smallest absolute Gasteiger partial charge is 0.0700 e. The highest BCUT2D eigenvalue weighted by molar-refractivity contribution is 4.66. The molecule has 96 valence electrons. The molecule has 3 heteroatoms. The van der Waals surface area contributed by atoms with Gasteiger partial charge in [-0.15, -0.1) is 0 Å². The van der Waals surface area contributed by atoms with Crippen molar-refractivity contribution in [3.8, 4) is 0 Å². The Bertz CT molecular complexity index is 147. The molecule has 0 atom stereocenters. The van der Waals surface area contributed by atoms with Gasteiger partial charge in [-0.25, -0.2) is 0 Å². The molecule has 0 heterocycles. The Labute approximate surface area is 99.9 Å². The van der Waals surface area contributed by atoms with Crippen LogP contribution in [0.4, 0.5) is 0 Å². The van der Waals surface area contributed by atoms with E-state index < -0.39 is 0 Å². The van der Waals surface area contributed by atoms with Gasteiger partial charge >= 0.3 is 0 Å². The van der Waals surface area contributed by atoms with Crippen LogP contribution in [-0.4, -0.2) is 40.0 Å². The van der Waals surface area contributed by atoms with Crippen molar-refractivity contribution >= 4 is 0 Å². The van der Waals surface area contributed by atoms with Crippen LogP contribution in [0, 0.1) is 5.92 Å². The summed E-state index contributed by atoms with van der Waals surface area (Å²) in [5, 5.41) is 3.44. The Hall–Kier alpha value is -0.120. The molecule has 1 aliphatic rings. The zero-order valence-corrected chi connectivity index (χ0v) is 10.7. The molecule has 1 saturated carbocycles. The number of hydrogen-bond donors (Lipinski definition) is 1. The predicted octanol–water partition coefficient (Wildman–Crippen LogP) is 2.21. The number of methoxy groups -OCH3 is 1. The Kier molecular flexibility index (Phi) is 8.77. The summed E-state index contributed by atoms with van der Waals surface area (Å²) in [6.07, 6.45) is 8.60. The third-order valence-corrected chi connectivity index (χ3v) is 3.31. The van der Waals surface area contributed by atoms with E-state index in [1.807, 2.05) is 0 Å². The first kappa shape index (κ1) is 13.9. The summed E-state index contributed by atoms with van der Waals surface area (Å²) in [6.45, 7) is 4.33. The molecule has 16 heavy (non-hydrogen) atoms. The summed E-state index contributed by atoms with van der Waals surface area (Å²) in [5.41, 5.74) is 0. The number of rotatable bonds is 9. The molecular formula is C13H27NO2. The van der Waals surface area contributed by atoms with Crippen molar-refractivity contribution in [1.82, 2.24) is 5.32 Å². The minimum Gasteiger partial charge on any atom is -0.382 e. The first-order valence-electron chi connectivity index (χ1n) is 6.71. The molecule has 1 aliphatic carbocycles. The topological polar surface area (TPSA) is 30.5 Å². The Morgan fingerprint density at radius 1 is 1.00 bits per heavy atom. The van der Waals surface area contributed by atoms with Gasteiger partial charge in [0.15, 0.2) is 0 Å². The summed E-state index contributed by atoms with van der Waals surface area (Å²) in [4.78, 5) is 0. The third-order valence-electron chi connectivity index (χ3n) is 3.31. The maximum Gasteiger partial charge on any atom is 0.0700 e. The molecule has 3 nitrogen and oxygen atoms in total. The fourth-order valence-electron chi connectivity index (χ4n) is 2.30. The van der Waals surface area contributed by atoms with Gasteiger partial charge in [-0.05, 0) is 18.9 Å². The van der Waals surface area contributed by atoms with E-state index in [1.54, 1.807) is 7.11 Å². The van der Waals surface area contributed by atoms with Crippen molar-refractivity contribution in [2.24, 2.45) is 5.92 Å². The molecule has 1 fully saturated rings. The summed E-state index contributed by atoms with van der Waals surface area (Å²) < 4.78 is 10.3. The van der Waals surface area contributed by atoms with Gasteiger partial charge in [-0.3, -0.25) is 0 Å². The van der Waals surface area contributed by atoms with Gasteiger partial charge in [-0.2, -0.15) is 0 Å². The predicted molar refractivity (Wildman–Crippen MR) is 66.8 cm³/mol. The minimum absolute atomic E-state index is 0.697. The van der Waals surface area contributed by atoms with E-state index in [0.29, 0.717) is 13.2 Å². The quantitative estimate of drug-likeness (QED) is 0.615. The van der Waals surface area contributed by atoms with Crippen LogP contribution < -0.4 is 5.32 Å². The number of nitrogens with one attached hydrogen (secondary N) is 1. The van der Waals surface area contributed by atoms with Crippen LogP contribution in [0.5, 0.6) is 0 Å². The van der Waals surface area contributed by atoms with Gasteiger partial charge in [0.05, 0.1) is 19.8 Å². The Balaban J connectivity index is 1.77. The van der Waals surface area contributed by atoms with Crippen molar-refractivity contribution in [2.75, 3.05) is 40.0 Å². The second-order valence-corrected chi connectivity index (χ2v) is 4.65. The lowest BCUT2D eigenvalue weighted by Gasteiger charge is -2.21. The van der Waals surface area contributed by atoms with Crippen molar-refractivity contribution < 1.29 is 9.47 Å². The van der Waals surface area contributed by atoms with Crippen molar-refractivity contribution in [1.29, 1.82) is 0 Å². The van der Waals surface area contributed by atoms with Crippen molar-refractivity contribution in [3.05, 3.63) is 0 Å². The lowest BCUT2D eigenvalue weighted by atomic mass is 9.87. The van der Waals surface area contributed by atoms with Crippen LogP contribution in [-0.2, 0) is 9.47 Å². The average Bonchev–Trinajstić information content (AvgIpc) is 2.34. The second kappa shape index (κ2) is 10.1. The molecule has 0 aromatic rings. The zero-order chi connectivity index (χ0) is 11.5. The Morgan fingerprint density at radius 3 is 2.56 bits per heavy atom. The van der Waals surface area contributed by atoms with Crippen LogP contribution in [0.3, 0.4) is 0 Å². The molecular weight excluding hydrogens is 202 g/mol.